The number of hydrogen-bond donors (Lipinski definition) is 4. The van der Waals surface area contributed by atoms with Gasteiger partial charge in [-0.1, -0.05) is 18.2 Å². The van der Waals surface area contributed by atoms with Crippen LogP contribution in [0.4, 0.5) is 11.4 Å². The van der Waals surface area contributed by atoms with E-state index in [1.54, 1.807) is 23.7 Å². The van der Waals surface area contributed by atoms with Crippen molar-refractivity contribution >= 4 is 87.9 Å². The lowest BCUT2D eigenvalue weighted by molar-refractivity contribution is 0.834. The summed E-state index contributed by atoms with van der Waals surface area (Å²) in [5, 5.41) is 6.92. The monoisotopic (exact) mass is 893 g/mol. The lowest BCUT2D eigenvalue weighted by atomic mass is 10.2. The van der Waals surface area contributed by atoms with Gasteiger partial charge in [0.05, 0.1) is 39.2 Å². The van der Waals surface area contributed by atoms with Crippen molar-refractivity contribution in [1.29, 1.82) is 0 Å². The van der Waals surface area contributed by atoms with Gasteiger partial charge in [-0.3, -0.25) is 4.98 Å². The fourth-order valence-electron chi connectivity index (χ4n) is 6.36. The van der Waals surface area contributed by atoms with E-state index in [0.717, 1.165) is 83.2 Å². The number of pyridine rings is 3. The van der Waals surface area contributed by atoms with Crippen LogP contribution in [-0.2, 0) is 20.1 Å². The molecule has 0 aliphatic heterocycles. The van der Waals surface area contributed by atoms with Gasteiger partial charge in [-0.25, -0.2) is 24.9 Å². The van der Waals surface area contributed by atoms with Crippen molar-refractivity contribution in [2.75, 3.05) is 10.6 Å². The summed E-state index contributed by atoms with van der Waals surface area (Å²) < 4.78 is 3.98. The van der Waals surface area contributed by atoms with E-state index in [9.17, 15) is 0 Å². The van der Waals surface area contributed by atoms with Crippen LogP contribution in [-0.4, -0.2) is 44.4 Å². The standard InChI is InChI=1S/C22H16BrN5S.C21H17BrN6/c23-15-11-19-22(26-12-15)28-21(27-19)14-4-6-16(7-5-14)25-13-17-8-9-20(29-17)18-3-1-2-10-24-18;1-28-18-5-3-2-4-16(18)25-19(28)12-23-15-8-6-13(7-9-15)20-26-17-10-14(22)11-24-21(17)27-20/h1-12,25H,13H2,(H,26,27,28);2-11,23H,12H2,1H3,(H,24,26,27). The number of fused-ring (bicyclic) bond motifs is 3. The first-order valence-corrected chi connectivity index (χ1v) is 20.4. The number of aryl methyl sites for hydroxylation is 1. The molecule has 4 N–H and O–H groups in total. The summed E-state index contributed by atoms with van der Waals surface area (Å²) in [7, 11) is 2.05. The van der Waals surface area contributed by atoms with Crippen LogP contribution in [0.5, 0.6) is 0 Å². The van der Waals surface area contributed by atoms with Crippen LogP contribution >= 0.6 is 43.2 Å². The topological polar surface area (TPSA) is 138 Å². The molecule has 0 unspecified atom stereocenters. The Morgan fingerprint density at radius 2 is 1.23 bits per heavy atom. The lowest BCUT2D eigenvalue weighted by Gasteiger charge is -2.07. The summed E-state index contributed by atoms with van der Waals surface area (Å²) >= 11 is 8.63. The van der Waals surface area contributed by atoms with Crippen molar-refractivity contribution in [3.63, 3.8) is 0 Å². The minimum atomic E-state index is 0.660. The molecule has 0 fully saturated rings. The van der Waals surface area contributed by atoms with E-state index in [0.29, 0.717) is 17.8 Å². The number of thiophene rings is 1. The molecule has 7 heterocycles. The molecule has 0 atom stereocenters. The molecule has 0 aliphatic carbocycles. The highest BCUT2D eigenvalue weighted by Gasteiger charge is 2.10. The smallest absolute Gasteiger partial charge is 0.178 e. The number of hydrogen-bond acceptors (Lipinski definition) is 9. The quantitative estimate of drug-likeness (QED) is 0.112. The Hall–Kier alpha value is -6.22. The molecule has 280 valence electrons. The van der Waals surface area contributed by atoms with Gasteiger partial charge >= 0.3 is 0 Å². The van der Waals surface area contributed by atoms with Gasteiger partial charge in [0.1, 0.15) is 17.5 Å². The van der Waals surface area contributed by atoms with Gasteiger partial charge in [0, 0.05) is 68.5 Å². The van der Waals surface area contributed by atoms with Crippen LogP contribution in [0.25, 0.3) is 66.7 Å². The second-order valence-corrected chi connectivity index (χ2v) is 16.1. The van der Waals surface area contributed by atoms with E-state index < -0.39 is 0 Å². The van der Waals surface area contributed by atoms with E-state index in [1.165, 1.54) is 9.75 Å². The van der Waals surface area contributed by atoms with Gasteiger partial charge in [0.15, 0.2) is 11.3 Å². The van der Waals surface area contributed by atoms with Gasteiger partial charge < -0.3 is 25.2 Å². The molecule has 0 saturated heterocycles. The molecule has 0 bridgehead atoms. The number of benzene rings is 3. The summed E-state index contributed by atoms with van der Waals surface area (Å²) in [5.74, 6) is 2.62. The van der Waals surface area contributed by atoms with Gasteiger partial charge in [-0.05, 0) is 129 Å². The van der Waals surface area contributed by atoms with Gasteiger partial charge in [-0.15, -0.1) is 11.3 Å². The summed E-state index contributed by atoms with van der Waals surface area (Å²) in [4.78, 5) is 36.0. The predicted octanol–water partition coefficient (Wildman–Crippen LogP) is 11.0. The van der Waals surface area contributed by atoms with Crippen LogP contribution in [0.1, 0.15) is 10.7 Å². The largest absolute Gasteiger partial charge is 0.380 e. The summed E-state index contributed by atoms with van der Waals surface area (Å²) in [5.41, 5.74) is 10.6. The van der Waals surface area contributed by atoms with Gasteiger partial charge in [-0.2, -0.15) is 0 Å². The molecule has 0 amide bonds. The van der Waals surface area contributed by atoms with Crippen molar-refractivity contribution in [1.82, 2.24) is 44.4 Å². The zero-order chi connectivity index (χ0) is 38.7. The number of aromatic amines is 2. The minimum absolute atomic E-state index is 0.660. The van der Waals surface area contributed by atoms with Crippen LogP contribution in [0.2, 0.25) is 0 Å². The first-order valence-electron chi connectivity index (χ1n) is 18.0. The fourth-order valence-corrected chi connectivity index (χ4v) is 7.94. The third-order valence-electron chi connectivity index (χ3n) is 9.30. The number of para-hydroxylation sites is 2. The molecule has 3 aromatic carbocycles. The fraction of sp³-hybridized carbons (Fsp3) is 0.0698. The van der Waals surface area contributed by atoms with E-state index in [2.05, 4.69) is 137 Å². The lowest BCUT2D eigenvalue weighted by Crippen LogP contribution is -2.05. The Morgan fingerprint density at radius 3 is 1.82 bits per heavy atom. The number of nitrogens with zero attached hydrogens (tertiary/aromatic N) is 7. The number of halogens is 2. The van der Waals surface area contributed by atoms with E-state index in [4.69, 9.17) is 4.98 Å². The maximum absolute atomic E-state index is 4.70. The highest BCUT2D eigenvalue weighted by atomic mass is 79.9. The van der Waals surface area contributed by atoms with Crippen LogP contribution < -0.4 is 10.6 Å². The summed E-state index contributed by atoms with van der Waals surface area (Å²) in [6, 6.07) is 38.8. The van der Waals surface area contributed by atoms with Crippen molar-refractivity contribution < 1.29 is 0 Å². The molecule has 14 heteroatoms. The maximum atomic E-state index is 4.70. The third kappa shape index (κ3) is 8.19. The molecule has 0 radical (unpaired) electrons. The molecule has 7 aromatic heterocycles. The molecular weight excluding hydrogens is 862 g/mol. The molecule has 0 saturated carbocycles. The zero-order valence-corrected chi connectivity index (χ0v) is 34.4. The Balaban J connectivity index is 0.000000148. The normalized spacial score (nSPS) is 11.2. The molecule has 57 heavy (non-hydrogen) atoms. The maximum Gasteiger partial charge on any atom is 0.178 e. The first-order chi connectivity index (χ1) is 27.9. The van der Waals surface area contributed by atoms with Crippen LogP contribution in [0.15, 0.2) is 143 Å². The van der Waals surface area contributed by atoms with Crippen molar-refractivity contribution in [3.8, 4) is 33.3 Å². The predicted molar refractivity (Wildman–Crippen MR) is 237 cm³/mol. The SMILES string of the molecule is Brc1cnc2nc(-c3ccc(NCc4ccc(-c5ccccn5)s4)cc3)[nH]c2c1.Cn1c(CNc2ccc(-c3nc4ncc(Br)cc4[nH]3)cc2)nc2ccccc21. The van der Waals surface area contributed by atoms with Crippen LogP contribution in [0, 0.1) is 0 Å². The number of nitrogens with one attached hydrogen (secondary N) is 4. The second kappa shape index (κ2) is 16.1. The van der Waals surface area contributed by atoms with Crippen molar-refractivity contribution in [2.24, 2.45) is 7.05 Å². The Kier molecular flexibility index (Phi) is 10.3. The Morgan fingerprint density at radius 1 is 0.632 bits per heavy atom. The molecule has 0 spiro atoms. The number of aromatic nitrogens is 9. The Bertz CT molecular complexity index is 2950. The highest BCUT2D eigenvalue weighted by Crippen LogP contribution is 2.28. The minimum Gasteiger partial charge on any atom is -0.380 e. The molecule has 10 rings (SSSR count). The van der Waals surface area contributed by atoms with E-state index in [-0.39, 0.29) is 0 Å². The van der Waals surface area contributed by atoms with Gasteiger partial charge in [0.2, 0.25) is 0 Å². The second-order valence-electron chi connectivity index (χ2n) is 13.1. The number of anilines is 2. The number of imidazole rings is 3. The van der Waals surface area contributed by atoms with Crippen LogP contribution in [0.3, 0.4) is 0 Å². The van der Waals surface area contributed by atoms with Crippen molar-refractivity contribution in [2.45, 2.75) is 13.1 Å². The van der Waals surface area contributed by atoms with E-state index in [1.807, 2.05) is 73.9 Å². The molecule has 11 nitrogen and oxygen atoms in total. The van der Waals surface area contributed by atoms with E-state index >= 15 is 0 Å². The molecule has 0 aliphatic rings. The first kappa shape index (κ1) is 36.4. The number of rotatable bonds is 9. The Labute approximate surface area is 348 Å². The van der Waals surface area contributed by atoms with Crippen molar-refractivity contribution in [3.05, 3.63) is 153 Å². The summed E-state index contributed by atoms with van der Waals surface area (Å²) in [6.45, 7) is 1.44. The molecule has 10 aromatic rings. The average Bonchev–Trinajstić information content (AvgIpc) is 4.06. The highest BCUT2D eigenvalue weighted by molar-refractivity contribution is 9.10. The summed E-state index contributed by atoms with van der Waals surface area (Å²) in [6.07, 6.45) is 5.33. The molecular formula is C43H33Br2N11S. The average molecular weight is 896 g/mol. The number of H-pyrrole nitrogens is 2. The third-order valence-corrected chi connectivity index (χ3v) is 11.3. The zero-order valence-electron chi connectivity index (χ0n) is 30.4. The van der Waals surface area contributed by atoms with Gasteiger partial charge in [0.25, 0.3) is 0 Å².